The van der Waals surface area contributed by atoms with Gasteiger partial charge in [0.2, 0.25) is 5.91 Å². The first kappa shape index (κ1) is 15.2. The zero-order valence-electron chi connectivity index (χ0n) is 11.8. The second kappa shape index (κ2) is 6.98. The van der Waals surface area contributed by atoms with Gasteiger partial charge in [0.25, 0.3) is 0 Å². The van der Waals surface area contributed by atoms with Gasteiger partial charge in [-0.25, -0.2) is 9.48 Å². The van der Waals surface area contributed by atoms with E-state index in [-0.39, 0.29) is 18.2 Å². The molecule has 0 saturated carbocycles. The lowest BCUT2D eigenvalue weighted by Crippen LogP contribution is -2.25. The maximum atomic E-state index is 12.0. The fourth-order valence-corrected chi connectivity index (χ4v) is 2.58. The summed E-state index contributed by atoms with van der Waals surface area (Å²) in [6.07, 6.45) is 0. The lowest BCUT2D eigenvalue weighted by molar-refractivity contribution is -0.119. The molecule has 0 aliphatic heterocycles. The van der Waals surface area contributed by atoms with Crippen LogP contribution in [0.15, 0.2) is 17.5 Å². The summed E-state index contributed by atoms with van der Waals surface area (Å²) in [4.78, 5) is 23.8. The molecule has 2 aromatic rings. The average molecular weight is 308 g/mol. The van der Waals surface area contributed by atoms with Gasteiger partial charge >= 0.3 is 5.97 Å². The van der Waals surface area contributed by atoms with Crippen molar-refractivity contribution in [2.24, 2.45) is 0 Å². The monoisotopic (exact) mass is 308 g/mol. The highest BCUT2D eigenvalue weighted by Gasteiger charge is 2.22. The SMILES string of the molecule is CCOC(=O)c1nnn(CCNC(C)=O)c1-c1cccs1. The van der Waals surface area contributed by atoms with Crippen LogP contribution in [0.1, 0.15) is 24.3 Å². The molecular formula is C13H16N4O3S. The van der Waals surface area contributed by atoms with Crippen molar-refractivity contribution < 1.29 is 14.3 Å². The molecule has 0 aliphatic carbocycles. The van der Waals surface area contributed by atoms with Crippen molar-refractivity contribution >= 4 is 23.2 Å². The van der Waals surface area contributed by atoms with Crippen molar-refractivity contribution in [3.63, 3.8) is 0 Å². The molecule has 2 rings (SSSR count). The van der Waals surface area contributed by atoms with Gasteiger partial charge in [-0.1, -0.05) is 11.3 Å². The molecule has 112 valence electrons. The van der Waals surface area contributed by atoms with Gasteiger partial charge in [0.1, 0.15) is 5.69 Å². The number of aromatic nitrogens is 3. The topological polar surface area (TPSA) is 86.1 Å². The smallest absolute Gasteiger partial charge is 0.361 e. The van der Waals surface area contributed by atoms with Crippen LogP contribution in [0.3, 0.4) is 0 Å². The van der Waals surface area contributed by atoms with Crippen molar-refractivity contribution in [3.8, 4) is 10.6 Å². The molecular weight excluding hydrogens is 292 g/mol. The Kier molecular flexibility index (Phi) is 5.04. The summed E-state index contributed by atoms with van der Waals surface area (Å²) < 4.78 is 6.61. The Labute approximate surface area is 125 Å². The molecule has 0 saturated heterocycles. The molecule has 1 amide bonds. The van der Waals surface area contributed by atoms with Crippen molar-refractivity contribution in [2.45, 2.75) is 20.4 Å². The number of ether oxygens (including phenoxy) is 1. The van der Waals surface area contributed by atoms with Crippen molar-refractivity contribution in [2.75, 3.05) is 13.2 Å². The summed E-state index contributed by atoms with van der Waals surface area (Å²) in [5.74, 6) is -0.606. The van der Waals surface area contributed by atoms with E-state index in [9.17, 15) is 9.59 Å². The van der Waals surface area contributed by atoms with Gasteiger partial charge in [-0.2, -0.15) is 0 Å². The lowest BCUT2D eigenvalue weighted by atomic mass is 10.2. The van der Waals surface area contributed by atoms with E-state index in [0.717, 1.165) is 4.88 Å². The first-order chi connectivity index (χ1) is 10.1. The van der Waals surface area contributed by atoms with Crippen LogP contribution in [0.2, 0.25) is 0 Å². The summed E-state index contributed by atoms with van der Waals surface area (Å²) >= 11 is 1.49. The molecule has 0 unspecified atom stereocenters. The van der Waals surface area contributed by atoms with Crippen LogP contribution in [0.4, 0.5) is 0 Å². The highest BCUT2D eigenvalue weighted by atomic mass is 32.1. The highest BCUT2D eigenvalue weighted by Crippen LogP contribution is 2.27. The predicted octanol–water partition coefficient (Wildman–Crippen LogP) is 1.32. The molecule has 0 aliphatic rings. The maximum absolute atomic E-state index is 12.0. The van der Waals surface area contributed by atoms with E-state index in [0.29, 0.717) is 18.8 Å². The standard InChI is InChI=1S/C13H16N4O3S/c1-3-20-13(19)11-12(10-5-4-8-21-10)17(16-15-11)7-6-14-9(2)18/h4-5,8H,3,6-7H2,1-2H3,(H,14,18). The number of amides is 1. The van der Waals surface area contributed by atoms with E-state index >= 15 is 0 Å². The number of rotatable bonds is 6. The number of nitrogens with one attached hydrogen (secondary N) is 1. The average Bonchev–Trinajstić information content (AvgIpc) is 3.06. The minimum atomic E-state index is -0.494. The Bertz CT molecular complexity index is 621. The van der Waals surface area contributed by atoms with Crippen LogP contribution in [0, 0.1) is 0 Å². The Hall–Kier alpha value is -2.22. The van der Waals surface area contributed by atoms with Crippen LogP contribution < -0.4 is 5.32 Å². The van der Waals surface area contributed by atoms with Crippen molar-refractivity contribution in [3.05, 3.63) is 23.2 Å². The van der Waals surface area contributed by atoms with Crippen LogP contribution in [0.5, 0.6) is 0 Å². The molecule has 2 aromatic heterocycles. The molecule has 8 heteroatoms. The quantitative estimate of drug-likeness (QED) is 0.813. The van der Waals surface area contributed by atoms with E-state index in [4.69, 9.17) is 4.74 Å². The summed E-state index contributed by atoms with van der Waals surface area (Å²) in [6, 6.07) is 3.78. The van der Waals surface area contributed by atoms with Crippen LogP contribution in [0.25, 0.3) is 10.6 Å². The van der Waals surface area contributed by atoms with Gasteiger partial charge in [0.15, 0.2) is 5.69 Å². The number of hydrogen-bond donors (Lipinski definition) is 1. The second-order valence-electron chi connectivity index (χ2n) is 4.19. The fourth-order valence-electron chi connectivity index (χ4n) is 1.80. The summed E-state index contributed by atoms with van der Waals surface area (Å²) in [7, 11) is 0. The molecule has 1 N–H and O–H groups in total. The van der Waals surface area contributed by atoms with E-state index in [1.54, 1.807) is 11.6 Å². The number of carbonyl (C=O) groups is 2. The Morgan fingerprint density at radius 2 is 2.29 bits per heavy atom. The van der Waals surface area contributed by atoms with Gasteiger partial charge in [-0.15, -0.1) is 16.4 Å². The molecule has 7 nitrogen and oxygen atoms in total. The molecule has 0 atom stereocenters. The number of nitrogens with zero attached hydrogens (tertiary/aromatic N) is 3. The van der Waals surface area contributed by atoms with Gasteiger partial charge in [-0.3, -0.25) is 4.79 Å². The molecule has 0 spiro atoms. The number of thiophene rings is 1. The van der Waals surface area contributed by atoms with Crippen LogP contribution in [-0.2, 0) is 16.1 Å². The Morgan fingerprint density at radius 1 is 1.48 bits per heavy atom. The third-order valence-electron chi connectivity index (χ3n) is 2.66. The summed E-state index contributed by atoms with van der Waals surface area (Å²) in [5, 5.41) is 12.5. The minimum Gasteiger partial charge on any atom is -0.461 e. The number of esters is 1. The second-order valence-corrected chi connectivity index (χ2v) is 5.14. The molecule has 0 fully saturated rings. The van der Waals surface area contributed by atoms with Crippen LogP contribution >= 0.6 is 11.3 Å². The highest BCUT2D eigenvalue weighted by molar-refractivity contribution is 7.13. The number of hydrogen-bond acceptors (Lipinski definition) is 6. The largest absolute Gasteiger partial charge is 0.461 e. The first-order valence-corrected chi connectivity index (χ1v) is 7.40. The van der Waals surface area contributed by atoms with Gasteiger partial charge in [0, 0.05) is 13.5 Å². The molecule has 0 radical (unpaired) electrons. The molecule has 0 bridgehead atoms. The normalized spacial score (nSPS) is 10.4. The lowest BCUT2D eigenvalue weighted by Gasteiger charge is -2.06. The Balaban J connectivity index is 2.28. The van der Waals surface area contributed by atoms with Gasteiger partial charge in [0.05, 0.1) is 18.0 Å². The summed E-state index contributed by atoms with van der Waals surface area (Å²) in [5.41, 5.74) is 0.816. The van der Waals surface area contributed by atoms with E-state index in [1.165, 1.54) is 18.3 Å². The van der Waals surface area contributed by atoms with E-state index in [1.807, 2.05) is 17.5 Å². The van der Waals surface area contributed by atoms with E-state index < -0.39 is 5.97 Å². The van der Waals surface area contributed by atoms with Crippen LogP contribution in [-0.4, -0.2) is 40.0 Å². The maximum Gasteiger partial charge on any atom is 0.361 e. The first-order valence-electron chi connectivity index (χ1n) is 6.52. The molecule has 0 aromatic carbocycles. The predicted molar refractivity (Wildman–Crippen MR) is 78.0 cm³/mol. The fraction of sp³-hybridized carbons (Fsp3) is 0.385. The van der Waals surface area contributed by atoms with Gasteiger partial charge in [-0.05, 0) is 18.4 Å². The third-order valence-corrected chi connectivity index (χ3v) is 3.53. The zero-order chi connectivity index (χ0) is 15.2. The molecule has 21 heavy (non-hydrogen) atoms. The van der Waals surface area contributed by atoms with E-state index in [2.05, 4.69) is 15.6 Å². The minimum absolute atomic E-state index is 0.113. The van der Waals surface area contributed by atoms with Crippen molar-refractivity contribution in [1.82, 2.24) is 20.3 Å². The summed E-state index contributed by atoms with van der Waals surface area (Å²) in [6.45, 7) is 4.31. The third kappa shape index (κ3) is 3.66. The zero-order valence-corrected chi connectivity index (χ0v) is 12.6. The molecule has 2 heterocycles. The van der Waals surface area contributed by atoms with Gasteiger partial charge < -0.3 is 10.1 Å². The Morgan fingerprint density at radius 3 is 2.90 bits per heavy atom. The number of carbonyl (C=O) groups excluding carboxylic acids is 2. The van der Waals surface area contributed by atoms with Crippen molar-refractivity contribution in [1.29, 1.82) is 0 Å².